The van der Waals surface area contributed by atoms with Gasteiger partial charge >= 0.3 is 0 Å². The number of carbonyl (C=O) groups is 2. The number of allylic oxidation sites excluding steroid dienone is 5. The highest BCUT2D eigenvalue weighted by Gasteiger charge is 2.36. The number of halogens is 1. The number of aliphatic hydroxyl groups is 1. The maximum atomic E-state index is 17.0. The number of hydrogen-bond donors (Lipinski definition) is 4. The number of amides is 2. The minimum atomic E-state index is -0.561. The third kappa shape index (κ3) is 14.8. The standard InChI is InChI=1S/C60H76FN11O6S/c1-6-42-10-8-11-45(26-49(74)7-2)52(42)29-54-56(61)57(53(30-64-54)59(62-5)72-32-47-17-18-48(33-72)68-47)65-37-76-25-24-70-22-19-41(20-23-70)31-71-34-51(35-71)77-55-28-50(78-69-55)27-46(12-9-21-63-36-73)60(75)67-39(3)43-13-15-44(16-14-43)58-40(4)66-38-79-58/h7-8,10-11,13-16,26,28-30,36,38-39,41,46-48,51,68,74H,5-6,9,12,17-25,27,31-35,37H2,1-4H3,(H,63,73)(H,67,75)/b45-26-,49-7+,52-29+,59-53+,65-57+. The molecule has 4 saturated heterocycles. The molecule has 0 aliphatic carbocycles. The zero-order valence-electron chi connectivity index (χ0n) is 46.0. The van der Waals surface area contributed by atoms with Crippen LogP contribution in [0.25, 0.3) is 22.6 Å². The van der Waals surface area contributed by atoms with Crippen molar-refractivity contribution in [1.82, 2.24) is 40.8 Å². The molecule has 0 spiro atoms. The van der Waals surface area contributed by atoms with Crippen molar-refractivity contribution < 1.29 is 33.1 Å². The van der Waals surface area contributed by atoms with Gasteiger partial charge in [-0.3, -0.25) is 24.5 Å². The third-order valence-electron chi connectivity index (χ3n) is 15.8. The smallest absolute Gasteiger partial charge is 0.254 e. The van der Waals surface area contributed by atoms with Crippen molar-refractivity contribution >= 4 is 54.4 Å². The van der Waals surface area contributed by atoms with Gasteiger partial charge in [0.15, 0.2) is 5.83 Å². The van der Waals surface area contributed by atoms with Gasteiger partial charge in [0.1, 0.15) is 41.6 Å². The minimum Gasteiger partial charge on any atom is -0.508 e. The summed E-state index contributed by atoms with van der Waals surface area (Å²) in [6.07, 6.45) is 14.0. The monoisotopic (exact) mass is 1100 g/mol. The number of nitrogens with zero attached hydrogens (tertiary/aromatic N) is 8. The second-order valence-corrected chi connectivity index (χ2v) is 22.2. The van der Waals surface area contributed by atoms with Crippen LogP contribution in [0.3, 0.4) is 0 Å². The molecule has 0 radical (unpaired) electrons. The van der Waals surface area contributed by atoms with Gasteiger partial charge in [-0.05, 0) is 142 Å². The predicted molar refractivity (Wildman–Crippen MR) is 309 cm³/mol. The van der Waals surface area contributed by atoms with Crippen LogP contribution in [0.2, 0.25) is 0 Å². The van der Waals surface area contributed by atoms with Gasteiger partial charge in [0, 0.05) is 82.5 Å². The summed E-state index contributed by atoms with van der Waals surface area (Å²) in [6.45, 7) is 19.4. The highest BCUT2D eigenvalue weighted by Crippen LogP contribution is 2.31. The summed E-state index contributed by atoms with van der Waals surface area (Å²) in [4.78, 5) is 51.0. The van der Waals surface area contributed by atoms with Crippen LogP contribution >= 0.6 is 11.3 Å². The molecule has 79 heavy (non-hydrogen) atoms. The van der Waals surface area contributed by atoms with Crippen LogP contribution in [-0.2, 0) is 27.2 Å². The number of aliphatic imine (C=N–C) groups is 3. The van der Waals surface area contributed by atoms with E-state index in [4.69, 9.17) is 19.0 Å². The van der Waals surface area contributed by atoms with Gasteiger partial charge < -0.3 is 44.9 Å². The molecule has 17 nitrogen and oxygen atoms in total. The van der Waals surface area contributed by atoms with Gasteiger partial charge in [-0.15, -0.1) is 11.3 Å². The largest absolute Gasteiger partial charge is 0.508 e. The number of ether oxygens (including phenoxy) is 2. The molecule has 7 heterocycles. The molecule has 420 valence electrons. The number of carbonyl (C=O) groups excluding carboxylic acids is 2. The molecule has 0 saturated carbocycles. The molecule has 19 heteroatoms. The molecule has 4 N–H and O–H groups in total. The van der Waals surface area contributed by atoms with Crippen molar-refractivity contribution in [3.63, 3.8) is 0 Å². The Labute approximate surface area is 466 Å². The van der Waals surface area contributed by atoms with Gasteiger partial charge in [-0.2, -0.15) is 0 Å². The van der Waals surface area contributed by atoms with Crippen LogP contribution in [0.5, 0.6) is 5.88 Å². The molecule has 4 unspecified atom stereocenters. The van der Waals surface area contributed by atoms with Crippen LogP contribution in [0, 0.1) is 18.8 Å². The van der Waals surface area contributed by atoms with Crippen molar-refractivity contribution in [2.24, 2.45) is 26.8 Å². The van der Waals surface area contributed by atoms with E-state index in [1.165, 1.54) is 0 Å². The van der Waals surface area contributed by atoms with Crippen LogP contribution in [-0.4, -0.2) is 151 Å². The second kappa shape index (κ2) is 27.5. The van der Waals surface area contributed by atoms with E-state index in [9.17, 15) is 14.7 Å². The molecule has 4 atom stereocenters. The molecular weight excluding hydrogens is 1020 g/mol. The Kier molecular flexibility index (Phi) is 19.9. The first kappa shape index (κ1) is 57.1. The minimum absolute atomic E-state index is 0.00495. The highest BCUT2D eigenvalue weighted by molar-refractivity contribution is 7.13. The summed E-state index contributed by atoms with van der Waals surface area (Å²) in [7, 11) is 0. The Morgan fingerprint density at radius 1 is 1.09 bits per heavy atom. The van der Waals surface area contributed by atoms with Crippen molar-refractivity contribution in [2.45, 2.75) is 103 Å². The Bertz CT molecular complexity index is 3030. The number of hydrogen-bond acceptors (Lipinski definition) is 16. The lowest BCUT2D eigenvalue weighted by molar-refractivity contribution is -0.126. The number of fused-ring (bicyclic) bond motifs is 2. The quantitative estimate of drug-likeness (QED) is 0.0236. The number of aromatic nitrogens is 2. The average molecular weight is 1100 g/mol. The van der Waals surface area contributed by atoms with E-state index < -0.39 is 5.83 Å². The highest BCUT2D eigenvalue weighted by atomic mass is 32.1. The number of nitrogens with one attached hydrogen (secondary N) is 3. The van der Waals surface area contributed by atoms with E-state index in [0.717, 1.165) is 116 Å². The second-order valence-electron chi connectivity index (χ2n) is 21.3. The zero-order chi connectivity index (χ0) is 55.3. The van der Waals surface area contributed by atoms with Crippen molar-refractivity contribution in [3.8, 4) is 16.3 Å². The predicted octanol–water partition coefficient (Wildman–Crippen LogP) is 6.76. The fourth-order valence-electron chi connectivity index (χ4n) is 11.3. The SMILES string of the molecule is C=N/C(=C1C=NC(\C=c2/c(CC)ccc/c2=C/C(O)=C\C)=C(F)C/1=N/COCCN1CCC(CN2CC(Oc3cc(CC(CCCNC=O)C(=O)NC(C)c4ccc(-c5scnc5C)cc4)on3)C2)CC1)N1CC2CCC(C1)N2. The molecule has 5 aliphatic heterocycles. The third-order valence-corrected chi connectivity index (χ3v) is 16.8. The Morgan fingerprint density at radius 2 is 1.87 bits per heavy atom. The molecule has 4 fully saturated rings. The van der Waals surface area contributed by atoms with Crippen LogP contribution in [0.1, 0.15) is 87.9 Å². The van der Waals surface area contributed by atoms with Crippen LogP contribution in [0.4, 0.5) is 4.39 Å². The molecular formula is C60H76FN11O6S. The molecule has 2 amide bonds. The van der Waals surface area contributed by atoms with Gasteiger partial charge in [0.05, 0.1) is 34.3 Å². The Balaban J connectivity index is 0.737. The van der Waals surface area contributed by atoms with Gasteiger partial charge in [-0.25, -0.2) is 14.4 Å². The van der Waals surface area contributed by atoms with Gasteiger partial charge in [-0.1, -0.05) is 49.4 Å². The number of thiazole rings is 1. The number of aryl methyl sites for hydroxylation is 2. The lowest BCUT2D eigenvalue weighted by Crippen LogP contribution is -2.55. The van der Waals surface area contributed by atoms with E-state index in [-0.39, 0.29) is 47.9 Å². The number of likely N-dealkylation sites (tertiary alicyclic amines) is 3. The van der Waals surface area contributed by atoms with Crippen LogP contribution < -0.4 is 31.1 Å². The van der Waals surface area contributed by atoms with Crippen molar-refractivity contribution in [1.29, 1.82) is 0 Å². The maximum Gasteiger partial charge on any atom is 0.254 e. The topological polar surface area (TPSA) is 195 Å². The van der Waals surface area contributed by atoms with E-state index in [0.29, 0.717) is 86.3 Å². The van der Waals surface area contributed by atoms with E-state index in [1.54, 1.807) is 48.8 Å². The molecule has 2 aromatic carbocycles. The van der Waals surface area contributed by atoms with E-state index in [2.05, 4.69) is 69.6 Å². The maximum absolute atomic E-state index is 17.0. The lowest BCUT2D eigenvalue weighted by atomic mass is 9.94. The first-order valence-electron chi connectivity index (χ1n) is 28.0. The lowest BCUT2D eigenvalue weighted by Gasteiger charge is -2.42. The summed E-state index contributed by atoms with van der Waals surface area (Å²) in [5.74, 6) is 1.23. The molecule has 2 bridgehead atoms. The molecule has 5 aliphatic rings. The first-order valence-corrected chi connectivity index (χ1v) is 28.9. The summed E-state index contributed by atoms with van der Waals surface area (Å²) < 4.78 is 35.0. The first-order chi connectivity index (χ1) is 38.5. The Hall–Kier alpha value is -6.64. The van der Waals surface area contributed by atoms with Crippen molar-refractivity contribution in [2.75, 3.05) is 72.2 Å². The van der Waals surface area contributed by atoms with Crippen LogP contribution in [0.15, 0.2) is 108 Å². The van der Waals surface area contributed by atoms with Gasteiger partial charge in [0.25, 0.3) is 5.88 Å². The molecule has 9 rings (SSSR count). The summed E-state index contributed by atoms with van der Waals surface area (Å²) >= 11 is 1.61. The fourth-order valence-corrected chi connectivity index (χ4v) is 12.2. The Morgan fingerprint density at radius 3 is 2.58 bits per heavy atom. The molecule has 4 aromatic rings. The van der Waals surface area contributed by atoms with Gasteiger partial charge in [0.2, 0.25) is 12.3 Å². The summed E-state index contributed by atoms with van der Waals surface area (Å²) in [5, 5.41) is 25.7. The average Bonchev–Trinajstić information content (AvgIpc) is 4.26. The van der Waals surface area contributed by atoms with E-state index in [1.807, 2.05) is 56.6 Å². The number of rotatable bonds is 25. The summed E-state index contributed by atoms with van der Waals surface area (Å²) in [5.41, 5.74) is 6.72. The zero-order valence-corrected chi connectivity index (χ0v) is 46.9. The number of piperidine rings is 1. The van der Waals surface area contributed by atoms with Crippen molar-refractivity contribution in [3.05, 3.63) is 122 Å². The number of piperazine rings is 1. The van der Waals surface area contributed by atoms with E-state index >= 15 is 4.39 Å². The summed E-state index contributed by atoms with van der Waals surface area (Å²) in [6, 6.07) is 16.3. The number of benzene rings is 2. The normalized spacial score (nSPS) is 21.9. The fraction of sp³-hybridized carbons (Fsp3) is 0.483. The molecule has 2 aromatic heterocycles. The number of aliphatic hydroxyl groups excluding tert-OH is 1.